The number of hydrogen-bond donors (Lipinski definition) is 0. The number of methoxy groups -OCH3 is 1. The van der Waals surface area contributed by atoms with Gasteiger partial charge in [-0.05, 0) is 24.2 Å². The van der Waals surface area contributed by atoms with Gasteiger partial charge in [0.1, 0.15) is 0 Å². The molecule has 0 N–H and O–H groups in total. The summed E-state index contributed by atoms with van der Waals surface area (Å²) >= 11 is 0. The lowest BCUT2D eigenvalue weighted by Gasteiger charge is -2.45. The van der Waals surface area contributed by atoms with Crippen LogP contribution >= 0.6 is 0 Å². The minimum atomic E-state index is 0.214. The predicted molar refractivity (Wildman–Crippen MR) is 83.0 cm³/mol. The zero-order valence-corrected chi connectivity index (χ0v) is 14.3. The van der Waals surface area contributed by atoms with E-state index in [1.807, 2.05) is 7.11 Å². The maximum absolute atomic E-state index is 5.98. The molecule has 0 saturated carbocycles. The third-order valence-electron chi connectivity index (χ3n) is 5.42. The van der Waals surface area contributed by atoms with Gasteiger partial charge in [-0.2, -0.15) is 0 Å². The SMILES string of the molecule is CCC(C)C1(COCCC(OC)C(C)(C)CC)COC1. The van der Waals surface area contributed by atoms with Crippen LogP contribution in [0.1, 0.15) is 53.9 Å². The molecule has 0 spiro atoms. The van der Waals surface area contributed by atoms with Gasteiger partial charge in [-0.15, -0.1) is 0 Å². The van der Waals surface area contributed by atoms with Crippen molar-refractivity contribution >= 4 is 0 Å². The van der Waals surface area contributed by atoms with E-state index in [1.54, 1.807) is 0 Å². The van der Waals surface area contributed by atoms with E-state index in [0.717, 1.165) is 39.3 Å². The van der Waals surface area contributed by atoms with Crippen molar-refractivity contribution in [1.82, 2.24) is 0 Å². The zero-order valence-electron chi connectivity index (χ0n) is 14.3. The predicted octanol–water partition coefficient (Wildman–Crippen LogP) is 3.91. The zero-order chi connectivity index (χ0) is 15.2. The Morgan fingerprint density at radius 1 is 1.25 bits per heavy atom. The summed E-state index contributed by atoms with van der Waals surface area (Å²) in [5.74, 6) is 0.668. The van der Waals surface area contributed by atoms with Crippen LogP contribution in [0, 0.1) is 16.7 Å². The lowest BCUT2D eigenvalue weighted by molar-refractivity contribution is -0.177. The van der Waals surface area contributed by atoms with Crippen molar-refractivity contribution in [3.8, 4) is 0 Å². The van der Waals surface area contributed by atoms with E-state index in [1.165, 1.54) is 6.42 Å². The first kappa shape index (κ1) is 17.9. The topological polar surface area (TPSA) is 27.7 Å². The maximum Gasteiger partial charge on any atom is 0.0644 e. The highest BCUT2D eigenvalue weighted by Crippen LogP contribution is 2.38. The molecule has 3 nitrogen and oxygen atoms in total. The molecule has 1 saturated heterocycles. The average Bonchev–Trinajstić information content (AvgIpc) is 2.40. The number of rotatable bonds is 10. The molecule has 0 radical (unpaired) electrons. The molecule has 0 bridgehead atoms. The second kappa shape index (κ2) is 7.77. The first-order chi connectivity index (χ1) is 9.41. The smallest absolute Gasteiger partial charge is 0.0644 e. The summed E-state index contributed by atoms with van der Waals surface area (Å²) in [6.07, 6.45) is 3.55. The Labute approximate surface area is 125 Å². The molecule has 1 fully saturated rings. The van der Waals surface area contributed by atoms with E-state index in [2.05, 4.69) is 34.6 Å². The van der Waals surface area contributed by atoms with Crippen molar-refractivity contribution in [2.45, 2.75) is 60.0 Å². The Kier molecular flexibility index (Phi) is 6.96. The van der Waals surface area contributed by atoms with E-state index < -0.39 is 0 Å². The Bertz CT molecular complexity index is 271. The summed E-state index contributed by atoms with van der Waals surface area (Å²) in [6.45, 7) is 14.6. The molecule has 1 aliphatic rings. The van der Waals surface area contributed by atoms with E-state index in [0.29, 0.717) is 5.92 Å². The molecular weight excluding hydrogens is 252 g/mol. The molecule has 0 aliphatic carbocycles. The normalized spacial score (nSPS) is 21.3. The summed E-state index contributed by atoms with van der Waals surface area (Å²) in [6, 6.07) is 0. The van der Waals surface area contributed by atoms with Gasteiger partial charge in [0.25, 0.3) is 0 Å². The van der Waals surface area contributed by atoms with Crippen LogP contribution in [0.25, 0.3) is 0 Å². The van der Waals surface area contributed by atoms with Gasteiger partial charge in [-0.1, -0.05) is 41.0 Å². The van der Waals surface area contributed by atoms with E-state index in [9.17, 15) is 0 Å². The van der Waals surface area contributed by atoms with Gasteiger partial charge in [0.15, 0.2) is 0 Å². The van der Waals surface area contributed by atoms with Crippen LogP contribution < -0.4 is 0 Å². The van der Waals surface area contributed by atoms with Crippen molar-refractivity contribution in [3.63, 3.8) is 0 Å². The fraction of sp³-hybridized carbons (Fsp3) is 1.00. The molecule has 0 aromatic rings. The first-order valence-corrected chi connectivity index (χ1v) is 8.10. The fourth-order valence-electron chi connectivity index (χ4n) is 2.83. The van der Waals surface area contributed by atoms with Gasteiger partial charge in [0, 0.05) is 19.1 Å². The number of ether oxygens (including phenoxy) is 3. The summed E-state index contributed by atoms with van der Waals surface area (Å²) in [7, 11) is 1.81. The summed E-state index contributed by atoms with van der Waals surface area (Å²) in [4.78, 5) is 0. The van der Waals surface area contributed by atoms with Crippen molar-refractivity contribution in [3.05, 3.63) is 0 Å². The third kappa shape index (κ3) is 4.19. The molecule has 1 rings (SSSR count). The summed E-state index contributed by atoms with van der Waals surface area (Å²) in [5.41, 5.74) is 0.476. The maximum atomic E-state index is 5.98. The molecular formula is C17H34O3. The van der Waals surface area contributed by atoms with Gasteiger partial charge >= 0.3 is 0 Å². The Hall–Kier alpha value is -0.120. The quantitative estimate of drug-likeness (QED) is 0.570. The van der Waals surface area contributed by atoms with Crippen LogP contribution in [0.3, 0.4) is 0 Å². The fourth-order valence-corrected chi connectivity index (χ4v) is 2.83. The highest BCUT2D eigenvalue weighted by atomic mass is 16.5. The largest absolute Gasteiger partial charge is 0.381 e. The van der Waals surface area contributed by atoms with Crippen molar-refractivity contribution < 1.29 is 14.2 Å². The van der Waals surface area contributed by atoms with Crippen LogP contribution in [-0.4, -0.2) is 39.6 Å². The molecule has 1 aliphatic heterocycles. The molecule has 0 aromatic heterocycles. The van der Waals surface area contributed by atoms with Crippen LogP contribution in [0.5, 0.6) is 0 Å². The van der Waals surface area contributed by atoms with E-state index in [4.69, 9.17) is 14.2 Å². The van der Waals surface area contributed by atoms with Gasteiger partial charge < -0.3 is 14.2 Å². The summed E-state index contributed by atoms with van der Waals surface area (Å²) in [5, 5.41) is 0. The highest BCUT2D eigenvalue weighted by Gasteiger charge is 2.43. The van der Waals surface area contributed by atoms with E-state index >= 15 is 0 Å². The molecule has 2 unspecified atom stereocenters. The lowest BCUT2D eigenvalue weighted by atomic mass is 9.74. The highest BCUT2D eigenvalue weighted by molar-refractivity contribution is 4.89. The van der Waals surface area contributed by atoms with Crippen LogP contribution in [0.4, 0.5) is 0 Å². The van der Waals surface area contributed by atoms with Crippen LogP contribution in [0.2, 0.25) is 0 Å². The van der Waals surface area contributed by atoms with Gasteiger partial charge in [-0.3, -0.25) is 0 Å². The summed E-state index contributed by atoms with van der Waals surface area (Å²) < 4.78 is 17.0. The van der Waals surface area contributed by atoms with Crippen LogP contribution in [0.15, 0.2) is 0 Å². The lowest BCUT2D eigenvalue weighted by Crippen LogP contribution is -2.51. The minimum absolute atomic E-state index is 0.214. The second-order valence-corrected chi connectivity index (χ2v) is 7.07. The van der Waals surface area contributed by atoms with Gasteiger partial charge in [0.2, 0.25) is 0 Å². The molecule has 20 heavy (non-hydrogen) atoms. The molecule has 2 atom stereocenters. The number of hydrogen-bond acceptors (Lipinski definition) is 3. The Morgan fingerprint density at radius 3 is 2.30 bits per heavy atom. The Morgan fingerprint density at radius 2 is 1.90 bits per heavy atom. The molecule has 0 amide bonds. The average molecular weight is 286 g/mol. The Balaban J connectivity index is 2.33. The molecule has 0 aromatic carbocycles. The third-order valence-corrected chi connectivity index (χ3v) is 5.42. The minimum Gasteiger partial charge on any atom is -0.381 e. The van der Waals surface area contributed by atoms with Gasteiger partial charge in [-0.25, -0.2) is 0 Å². The van der Waals surface area contributed by atoms with Crippen molar-refractivity contribution in [2.75, 3.05) is 33.5 Å². The van der Waals surface area contributed by atoms with Crippen molar-refractivity contribution in [1.29, 1.82) is 0 Å². The van der Waals surface area contributed by atoms with E-state index in [-0.39, 0.29) is 16.9 Å². The van der Waals surface area contributed by atoms with Crippen molar-refractivity contribution in [2.24, 2.45) is 16.7 Å². The standard InChI is InChI=1S/C17H34O3/c1-7-14(3)17(12-20-13-17)11-19-10-9-15(18-6)16(4,5)8-2/h14-15H,7-13H2,1-6H3. The van der Waals surface area contributed by atoms with Gasteiger partial charge in [0.05, 0.1) is 25.9 Å². The molecule has 1 heterocycles. The molecule has 120 valence electrons. The first-order valence-electron chi connectivity index (χ1n) is 8.10. The second-order valence-electron chi connectivity index (χ2n) is 7.07. The van der Waals surface area contributed by atoms with Crippen LogP contribution in [-0.2, 0) is 14.2 Å². The molecule has 3 heteroatoms. The monoisotopic (exact) mass is 286 g/mol.